The Hall–Kier alpha value is -2.67. The van der Waals surface area contributed by atoms with E-state index in [2.05, 4.69) is 10.3 Å². The third kappa shape index (κ3) is 4.17. The number of fused-ring (bicyclic) bond motifs is 1. The van der Waals surface area contributed by atoms with Crippen LogP contribution in [0.2, 0.25) is 0 Å². The van der Waals surface area contributed by atoms with E-state index in [1.807, 2.05) is 30.3 Å². The molecule has 0 aliphatic heterocycles. The van der Waals surface area contributed by atoms with E-state index >= 15 is 0 Å². The smallest absolute Gasteiger partial charge is 0.407 e. The number of aromatic nitrogens is 2. The number of hydrogen-bond acceptors (Lipinski definition) is 5. The maximum Gasteiger partial charge on any atom is 0.407 e. The van der Waals surface area contributed by atoms with Crippen LogP contribution in [0.25, 0.3) is 10.2 Å². The van der Waals surface area contributed by atoms with Gasteiger partial charge in [0.25, 0.3) is 0 Å². The zero-order valence-electron chi connectivity index (χ0n) is 12.3. The molecule has 1 aromatic carbocycles. The number of pyridine rings is 1. The van der Waals surface area contributed by atoms with Crippen LogP contribution in [0.15, 0.2) is 48.8 Å². The van der Waals surface area contributed by atoms with E-state index < -0.39 is 6.09 Å². The molecule has 0 atom stereocenters. The van der Waals surface area contributed by atoms with Crippen LogP contribution in [-0.4, -0.2) is 17.6 Å². The summed E-state index contributed by atoms with van der Waals surface area (Å²) in [5.74, 6) is 0. The van der Waals surface area contributed by atoms with E-state index in [-0.39, 0.29) is 6.61 Å². The van der Waals surface area contributed by atoms with Crippen molar-refractivity contribution in [3.8, 4) is 0 Å². The van der Waals surface area contributed by atoms with Crippen LogP contribution in [-0.2, 0) is 17.8 Å². The molecule has 0 saturated heterocycles. The first-order chi connectivity index (χ1) is 11.2. The maximum absolute atomic E-state index is 11.6. The molecule has 0 unspecified atom stereocenters. The summed E-state index contributed by atoms with van der Waals surface area (Å²) < 4.78 is 6.81. The van der Waals surface area contributed by atoms with Crippen LogP contribution in [0.5, 0.6) is 0 Å². The standard InChI is InChI=1S/C16H15N3O3S/c20-16(22-11-12-4-2-1-3-5-12)17-8-6-15-18-13-10-19(21)9-7-14(13)23-15/h1-5,7,9-10H,6,8,11H2,(H,17,20). The first kappa shape index (κ1) is 15.2. The number of hydrogen-bond donors (Lipinski definition) is 1. The van der Waals surface area contributed by atoms with E-state index in [1.54, 1.807) is 6.07 Å². The van der Waals surface area contributed by atoms with Gasteiger partial charge in [-0.2, -0.15) is 4.73 Å². The Morgan fingerprint density at radius 2 is 2.13 bits per heavy atom. The summed E-state index contributed by atoms with van der Waals surface area (Å²) in [6.45, 7) is 0.683. The SMILES string of the molecule is O=C(NCCc1nc2c[n+]([O-])ccc2s1)OCc1ccccc1. The molecule has 2 aromatic heterocycles. The molecule has 3 aromatic rings. The number of alkyl carbamates (subject to hydrolysis) is 1. The third-order valence-corrected chi connectivity index (χ3v) is 4.26. The Labute approximate surface area is 136 Å². The lowest BCUT2D eigenvalue weighted by Crippen LogP contribution is -2.26. The zero-order chi connectivity index (χ0) is 16.1. The van der Waals surface area contributed by atoms with Gasteiger partial charge in [-0.3, -0.25) is 0 Å². The first-order valence-electron chi connectivity index (χ1n) is 7.13. The van der Waals surface area contributed by atoms with Crippen LogP contribution in [0.3, 0.4) is 0 Å². The van der Waals surface area contributed by atoms with Gasteiger partial charge in [-0.1, -0.05) is 30.3 Å². The Kier molecular flexibility index (Phi) is 4.68. The van der Waals surface area contributed by atoms with Crippen molar-refractivity contribution in [2.45, 2.75) is 13.0 Å². The van der Waals surface area contributed by atoms with Crippen LogP contribution in [0.4, 0.5) is 4.79 Å². The molecule has 7 heteroatoms. The van der Waals surface area contributed by atoms with Gasteiger partial charge in [-0.05, 0) is 5.56 Å². The van der Waals surface area contributed by atoms with Gasteiger partial charge in [-0.25, -0.2) is 9.78 Å². The number of nitrogens with one attached hydrogen (secondary N) is 1. The van der Waals surface area contributed by atoms with Crippen LogP contribution in [0.1, 0.15) is 10.6 Å². The van der Waals surface area contributed by atoms with E-state index in [9.17, 15) is 10.0 Å². The lowest BCUT2D eigenvalue weighted by Gasteiger charge is -2.06. The molecule has 3 rings (SSSR count). The molecule has 6 nitrogen and oxygen atoms in total. The van der Waals surface area contributed by atoms with Crippen molar-refractivity contribution in [2.75, 3.05) is 6.54 Å². The summed E-state index contributed by atoms with van der Waals surface area (Å²) in [6, 6.07) is 11.2. The summed E-state index contributed by atoms with van der Waals surface area (Å²) in [5, 5.41) is 14.8. The number of carbonyl (C=O) groups excluding carboxylic acids is 1. The van der Waals surface area contributed by atoms with Gasteiger partial charge in [0.05, 0.1) is 9.71 Å². The summed E-state index contributed by atoms with van der Waals surface area (Å²) in [5.41, 5.74) is 1.62. The van der Waals surface area contributed by atoms with Gasteiger partial charge < -0.3 is 15.3 Å². The Morgan fingerprint density at radius 1 is 1.30 bits per heavy atom. The molecule has 2 heterocycles. The molecule has 0 saturated carbocycles. The molecular formula is C16H15N3O3S. The van der Waals surface area contributed by atoms with Gasteiger partial charge in [-0.15, -0.1) is 11.3 Å². The lowest BCUT2D eigenvalue weighted by atomic mass is 10.2. The molecule has 0 bridgehead atoms. The van der Waals surface area contributed by atoms with Crippen molar-refractivity contribution in [1.82, 2.24) is 10.3 Å². The number of rotatable bonds is 5. The Balaban J connectivity index is 1.45. The molecule has 118 valence electrons. The monoisotopic (exact) mass is 329 g/mol. The predicted molar refractivity (Wildman–Crippen MR) is 86.9 cm³/mol. The molecule has 0 radical (unpaired) electrons. The molecule has 0 spiro atoms. The van der Waals surface area contributed by atoms with Gasteiger partial charge >= 0.3 is 6.09 Å². The largest absolute Gasteiger partial charge is 0.619 e. The average Bonchev–Trinajstić information content (AvgIpc) is 2.95. The third-order valence-electron chi connectivity index (χ3n) is 3.17. The molecule has 23 heavy (non-hydrogen) atoms. The first-order valence-corrected chi connectivity index (χ1v) is 7.95. The number of thiazole rings is 1. The second kappa shape index (κ2) is 7.06. The van der Waals surface area contributed by atoms with Crippen molar-refractivity contribution in [3.63, 3.8) is 0 Å². The second-order valence-corrected chi connectivity index (χ2v) is 6.02. The Bertz CT molecular complexity index is 805. The predicted octanol–water partition coefficient (Wildman–Crippen LogP) is 2.40. The topological polar surface area (TPSA) is 78.2 Å². The number of nitrogens with zero attached hydrogens (tertiary/aromatic N) is 2. The molecule has 0 fully saturated rings. The number of benzene rings is 1. The molecule has 1 N–H and O–H groups in total. The van der Waals surface area contributed by atoms with E-state index in [1.165, 1.54) is 23.7 Å². The minimum Gasteiger partial charge on any atom is -0.619 e. The van der Waals surface area contributed by atoms with Gasteiger partial charge in [0.2, 0.25) is 6.20 Å². The normalized spacial score (nSPS) is 10.6. The fourth-order valence-electron chi connectivity index (χ4n) is 2.06. The zero-order valence-corrected chi connectivity index (χ0v) is 13.1. The molecule has 0 aliphatic carbocycles. The number of ether oxygens (including phenoxy) is 1. The van der Waals surface area contributed by atoms with E-state index in [4.69, 9.17) is 4.74 Å². The summed E-state index contributed by atoms with van der Waals surface area (Å²) >= 11 is 1.51. The van der Waals surface area contributed by atoms with E-state index in [0.29, 0.717) is 18.5 Å². The summed E-state index contributed by atoms with van der Waals surface area (Å²) in [7, 11) is 0. The van der Waals surface area contributed by atoms with Crippen molar-refractivity contribution < 1.29 is 14.3 Å². The summed E-state index contributed by atoms with van der Waals surface area (Å²) in [4.78, 5) is 16.0. The average molecular weight is 329 g/mol. The number of amides is 1. The molecule has 1 amide bonds. The van der Waals surface area contributed by atoms with Crippen molar-refractivity contribution in [2.24, 2.45) is 0 Å². The Morgan fingerprint density at radius 3 is 2.96 bits per heavy atom. The highest BCUT2D eigenvalue weighted by Gasteiger charge is 2.08. The lowest BCUT2D eigenvalue weighted by molar-refractivity contribution is -0.603. The second-order valence-electron chi connectivity index (χ2n) is 4.90. The fraction of sp³-hybridized carbons (Fsp3) is 0.188. The van der Waals surface area contributed by atoms with Crippen molar-refractivity contribution in [1.29, 1.82) is 0 Å². The van der Waals surface area contributed by atoms with Crippen LogP contribution < -0.4 is 10.0 Å². The molecule has 0 aliphatic rings. The van der Waals surface area contributed by atoms with Gasteiger partial charge in [0.1, 0.15) is 12.1 Å². The van der Waals surface area contributed by atoms with Crippen LogP contribution in [0, 0.1) is 5.21 Å². The molecular weight excluding hydrogens is 314 g/mol. The maximum atomic E-state index is 11.6. The highest BCUT2D eigenvalue weighted by atomic mass is 32.1. The van der Waals surface area contributed by atoms with Gasteiger partial charge in [0, 0.05) is 19.0 Å². The summed E-state index contributed by atoms with van der Waals surface area (Å²) in [6.07, 6.45) is 3.03. The minimum absolute atomic E-state index is 0.247. The minimum atomic E-state index is -0.452. The highest BCUT2D eigenvalue weighted by Crippen LogP contribution is 2.20. The van der Waals surface area contributed by atoms with Gasteiger partial charge in [0.15, 0.2) is 6.20 Å². The van der Waals surface area contributed by atoms with Crippen molar-refractivity contribution >= 4 is 27.6 Å². The highest BCUT2D eigenvalue weighted by molar-refractivity contribution is 7.18. The van der Waals surface area contributed by atoms with E-state index in [0.717, 1.165) is 20.0 Å². The van der Waals surface area contributed by atoms with Crippen molar-refractivity contribution in [3.05, 3.63) is 64.6 Å². The number of carbonyl (C=O) groups is 1. The van der Waals surface area contributed by atoms with Crippen LogP contribution >= 0.6 is 11.3 Å². The quantitative estimate of drug-likeness (QED) is 0.576. The fourth-order valence-corrected chi connectivity index (χ4v) is 2.99.